The van der Waals surface area contributed by atoms with Crippen molar-refractivity contribution in [1.29, 1.82) is 0 Å². The number of carbonyl (C=O) groups is 2. The number of amides is 2. The number of nitrogens with two attached hydrogens (primary N) is 1. The van der Waals surface area contributed by atoms with E-state index in [1.165, 1.54) is 16.2 Å². The van der Waals surface area contributed by atoms with E-state index in [1.807, 2.05) is 46.1 Å². The number of morpholine rings is 1. The second-order valence-electron chi connectivity index (χ2n) is 16.6. The molecule has 17 heteroatoms. The molecule has 2 aromatic heterocycles. The summed E-state index contributed by atoms with van der Waals surface area (Å²) in [6.07, 6.45) is 0.963. The Morgan fingerprint density at radius 2 is 1.91 bits per heavy atom. The van der Waals surface area contributed by atoms with Crippen LogP contribution in [-0.2, 0) is 19.2 Å². The molecule has 3 unspecified atom stereocenters. The van der Waals surface area contributed by atoms with Crippen LogP contribution in [-0.4, -0.2) is 101 Å². The summed E-state index contributed by atoms with van der Waals surface area (Å²) in [7, 11) is 0. The number of ether oxygens (including phenoxy) is 3. The Balaban J connectivity index is 1.13. The number of pyridine rings is 1. The highest BCUT2D eigenvalue weighted by atomic mass is 35.5. The molecule has 8 atom stereocenters. The maximum atomic E-state index is 14.3. The van der Waals surface area contributed by atoms with Gasteiger partial charge < -0.3 is 35.5 Å². The van der Waals surface area contributed by atoms with Crippen molar-refractivity contribution in [2.24, 2.45) is 28.9 Å². The first kappa shape index (κ1) is 39.3. The molecule has 3 aromatic rings. The molecule has 15 nitrogen and oxygen atoms in total. The minimum Gasteiger partial charge on any atom is -0.490 e. The maximum absolute atomic E-state index is 14.3. The number of aromatic nitrogens is 2. The molecule has 1 aromatic carbocycles. The van der Waals surface area contributed by atoms with Crippen LogP contribution in [0, 0.1) is 28.1 Å². The zero-order valence-corrected chi connectivity index (χ0v) is 33.7. The lowest BCUT2D eigenvalue weighted by Crippen LogP contribution is -2.58. The largest absolute Gasteiger partial charge is 0.490 e. The number of hydrogen-bond acceptors (Lipinski definition) is 12. The third-order valence-electron chi connectivity index (χ3n) is 11.1. The molecule has 4 fully saturated rings. The number of carbonyl (C=O) groups excluding carboxylic acids is 2. The average Bonchev–Trinajstić information content (AvgIpc) is 3.62. The van der Waals surface area contributed by atoms with Gasteiger partial charge in [-0.1, -0.05) is 44.7 Å². The molecule has 4 heterocycles. The summed E-state index contributed by atoms with van der Waals surface area (Å²) in [5.74, 6) is 1.64. The second kappa shape index (κ2) is 15.9. The van der Waals surface area contributed by atoms with Gasteiger partial charge in [0.2, 0.25) is 5.91 Å². The Morgan fingerprint density at radius 3 is 2.58 bits per heavy atom. The van der Waals surface area contributed by atoms with Crippen LogP contribution in [0.3, 0.4) is 0 Å². The first-order valence-electron chi connectivity index (χ1n) is 19.1. The molecule has 7 rings (SSSR count). The van der Waals surface area contributed by atoms with E-state index >= 15 is 0 Å². The van der Waals surface area contributed by atoms with E-state index in [9.17, 15) is 14.5 Å². The average molecular weight is 800 g/mol. The smallest absolute Gasteiger partial charge is 0.358 e. The normalized spacial score (nSPS) is 26.8. The number of halogens is 1. The molecular weight excluding hydrogens is 748 g/mol. The predicted molar refractivity (Wildman–Crippen MR) is 209 cm³/mol. The molecule has 298 valence electrons. The first-order chi connectivity index (χ1) is 26.2. The summed E-state index contributed by atoms with van der Waals surface area (Å²) < 4.78 is 18.4. The fourth-order valence-electron chi connectivity index (χ4n) is 8.01. The molecule has 55 heavy (non-hydrogen) atoms. The number of hydrogen-bond donors (Lipinski definition) is 4. The number of anilines is 1. The van der Waals surface area contributed by atoms with Gasteiger partial charge in [0.25, 0.3) is 5.91 Å². The molecule has 2 aliphatic heterocycles. The van der Waals surface area contributed by atoms with Crippen molar-refractivity contribution < 1.29 is 33.7 Å². The van der Waals surface area contributed by atoms with E-state index in [4.69, 9.17) is 46.4 Å². The highest BCUT2D eigenvalue weighted by molar-refractivity contribution is 7.14. The lowest BCUT2D eigenvalue weighted by Gasteiger charge is -2.31. The number of hydrazine groups is 1. The van der Waals surface area contributed by atoms with Crippen molar-refractivity contribution in [2.45, 2.75) is 97.2 Å². The lowest BCUT2D eigenvalue weighted by atomic mass is 9.86. The Morgan fingerprint density at radius 1 is 1.15 bits per heavy atom. The predicted octanol–water partition coefficient (Wildman–Crippen LogP) is 4.71. The minimum absolute atomic E-state index is 0.0193. The number of rotatable bonds is 14. The van der Waals surface area contributed by atoms with Crippen molar-refractivity contribution in [1.82, 2.24) is 25.6 Å². The van der Waals surface area contributed by atoms with Gasteiger partial charge in [-0.3, -0.25) is 9.59 Å². The molecule has 0 spiro atoms. The molecule has 5 N–H and O–H groups in total. The zero-order valence-electron chi connectivity index (χ0n) is 32.2. The molecular formula is C38H52ClN8O7S+. The number of benzene rings is 1. The van der Waals surface area contributed by atoms with Gasteiger partial charge in [-0.05, 0) is 62.0 Å². The topological polar surface area (TPSA) is 182 Å². The van der Waals surface area contributed by atoms with E-state index in [1.54, 1.807) is 12.1 Å². The fraction of sp³-hybridized carbons (Fsp3) is 0.632. The molecule has 2 aliphatic carbocycles. The molecule has 0 radical (unpaired) electrons. The molecule has 0 bridgehead atoms. The second-order valence-corrected chi connectivity index (χ2v) is 17.8. The third-order valence-corrected chi connectivity index (χ3v) is 12.2. The van der Waals surface area contributed by atoms with E-state index in [0.29, 0.717) is 81.4 Å². The minimum atomic E-state index is -1.01. The van der Waals surface area contributed by atoms with E-state index in [2.05, 4.69) is 23.0 Å². The van der Waals surface area contributed by atoms with E-state index in [-0.39, 0.29) is 31.2 Å². The van der Waals surface area contributed by atoms with Crippen LogP contribution in [0.1, 0.15) is 60.8 Å². The summed E-state index contributed by atoms with van der Waals surface area (Å²) >= 11 is 8.47. The maximum Gasteiger partial charge on any atom is 0.358 e. The first-order valence-corrected chi connectivity index (χ1v) is 20.4. The zero-order chi connectivity index (χ0) is 39.2. The number of likely N-dealkylation sites (tertiary alicyclic amines) is 1. The SMILES string of the molecule is CC(C)Nc1nc(-c2cc(OC3C[C@@H](C(N)=O)N(C(=O)[C@@H](N[N+](=O)OC4C[C@@H]5C(C)[C@@H]5C4)C(C)(C)C)C3)c3ccc(OC[C@H]4COCCN4)c(Cl)c3n2)cs1. The highest BCUT2D eigenvalue weighted by Gasteiger charge is 2.56. The van der Waals surface area contributed by atoms with Crippen LogP contribution in [0.25, 0.3) is 22.3 Å². The Labute approximate surface area is 329 Å². The summed E-state index contributed by atoms with van der Waals surface area (Å²) in [4.78, 5) is 57.0. The van der Waals surface area contributed by atoms with Gasteiger partial charge in [-0.15, -0.1) is 11.3 Å². The van der Waals surface area contributed by atoms with E-state index < -0.39 is 35.4 Å². The number of nitrogens with zero attached hydrogens (tertiary/aromatic N) is 4. The third kappa shape index (κ3) is 8.71. The number of thiazole rings is 1. The van der Waals surface area contributed by atoms with Crippen molar-refractivity contribution in [3.05, 3.63) is 33.5 Å². The van der Waals surface area contributed by atoms with Crippen molar-refractivity contribution in [2.75, 3.05) is 38.2 Å². The Hall–Kier alpha value is -3.99. The summed E-state index contributed by atoms with van der Waals surface area (Å²) in [6, 6.07) is 3.63. The van der Waals surface area contributed by atoms with Gasteiger partial charge >= 0.3 is 5.03 Å². The van der Waals surface area contributed by atoms with Crippen LogP contribution < -0.4 is 31.3 Å². The van der Waals surface area contributed by atoms with Crippen LogP contribution in [0.5, 0.6) is 11.5 Å². The van der Waals surface area contributed by atoms with E-state index in [0.717, 1.165) is 24.5 Å². The van der Waals surface area contributed by atoms with Crippen LogP contribution in [0.4, 0.5) is 5.13 Å². The number of nitrogens with one attached hydrogen (secondary N) is 3. The van der Waals surface area contributed by atoms with Crippen LogP contribution >= 0.6 is 22.9 Å². The van der Waals surface area contributed by atoms with Gasteiger partial charge in [-0.25, -0.2) is 14.8 Å². The number of primary amides is 1. The highest BCUT2D eigenvalue weighted by Crippen LogP contribution is 2.57. The van der Waals surface area contributed by atoms with Gasteiger partial charge in [0, 0.05) is 35.8 Å². The monoisotopic (exact) mass is 799 g/mol. The van der Waals surface area contributed by atoms with Crippen molar-refractivity contribution in [3.63, 3.8) is 0 Å². The molecule has 2 amide bonds. The van der Waals surface area contributed by atoms with Crippen molar-refractivity contribution >= 4 is 50.8 Å². The quantitative estimate of drug-likeness (QED) is 0.165. The summed E-state index contributed by atoms with van der Waals surface area (Å²) in [5.41, 5.74) is 9.52. The summed E-state index contributed by atoms with van der Waals surface area (Å²) in [5, 5.41) is 10.6. The fourth-order valence-corrected chi connectivity index (χ4v) is 9.12. The lowest BCUT2D eigenvalue weighted by molar-refractivity contribution is -0.854. The molecule has 2 saturated carbocycles. The molecule has 2 saturated heterocycles. The van der Waals surface area contributed by atoms with Gasteiger partial charge in [0.15, 0.2) is 17.3 Å². The van der Waals surface area contributed by atoms with Crippen molar-refractivity contribution in [3.8, 4) is 22.9 Å². The Bertz CT molecular complexity index is 1900. The standard InChI is InChI=1S/C38H51ClN8O7S/c1-19(2)42-37-44-28(18-55-37)27-14-31(24-7-8-30(32(39)33(24)43-27)52-17-21-16-51-10-9-41-21)53-23-13-29(35(40)48)46(15-23)36(49)34(38(4,5)6)45-47(50)54-22-11-25-20(3)26(25)12-22/h7-8,14,18-23,25-26,29,34,41H,9-13,15-17H2,1-6H3,(H3-,40,42,44,45,48,50)/p+1/t20?,21-,22?,23?,25-,26+,29+,34-/m1/s1. The Kier molecular flexibility index (Phi) is 11.3. The molecule has 4 aliphatic rings. The van der Waals surface area contributed by atoms with Gasteiger partial charge in [-0.2, -0.15) is 0 Å². The van der Waals surface area contributed by atoms with Gasteiger partial charge in [0.05, 0.1) is 37.0 Å². The van der Waals surface area contributed by atoms with Crippen LogP contribution in [0.15, 0.2) is 23.6 Å². The van der Waals surface area contributed by atoms with Crippen LogP contribution in [0.2, 0.25) is 5.02 Å². The van der Waals surface area contributed by atoms with Gasteiger partial charge in [0.1, 0.15) is 45.9 Å². The number of fused-ring (bicyclic) bond motifs is 2. The summed E-state index contributed by atoms with van der Waals surface area (Å²) in [6.45, 7) is 14.2.